The van der Waals surface area contributed by atoms with Crippen molar-refractivity contribution in [2.24, 2.45) is 10.4 Å². The molecule has 1 heterocycles. The van der Waals surface area contributed by atoms with Gasteiger partial charge in [0.1, 0.15) is 5.75 Å². The van der Waals surface area contributed by atoms with Crippen molar-refractivity contribution >= 4 is 23.0 Å². The fourth-order valence-corrected chi connectivity index (χ4v) is 3.42. The second kappa shape index (κ2) is 9.53. The molecule has 3 nitrogen and oxygen atoms in total. The Bertz CT molecular complexity index is 952. The summed E-state index contributed by atoms with van der Waals surface area (Å²) in [6.45, 7) is 13.6. The van der Waals surface area contributed by atoms with Crippen LogP contribution in [0.3, 0.4) is 0 Å². The highest BCUT2D eigenvalue weighted by Gasteiger charge is 2.18. The summed E-state index contributed by atoms with van der Waals surface area (Å²) < 4.78 is 6.00. The fourth-order valence-electron chi connectivity index (χ4n) is 3.29. The van der Waals surface area contributed by atoms with Gasteiger partial charge in [-0.1, -0.05) is 51.1 Å². The summed E-state index contributed by atoms with van der Waals surface area (Å²) in [6, 6.07) is 14.3. The van der Waals surface area contributed by atoms with E-state index in [9.17, 15) is 0 Å². The molecule has 2 aromatic carbocycles. The van der Waals surface area contributed by atoms with Crippen molar-refractivity contribution in [1.29, 1.82) is 0 Å². The van der Waals surface area contributed by atoms with Crippen LogP contribution in [-0.4, -0.2) is 12.3 Å². The molecule has 0 atom stereocenters. The highest BCUT2D eigenvalue weighted by Crippen LogP contribution is 2.30. The van der Waals surface area contributed by atoms with Gasteiger partial charge in [0.05, 0.1) is 18.0 Å². The van der Waals surface area contributed by atoms with Crippen molar-refractivity contribution in [3.05, 3.63) is 83.3 Å². The summed E-state index contributed by atoms with van der Waals surface area (Å²) in [7, 11) is 0. The number of benzene rings is 2. The van der Waals surface area contributed by atoms with Crippen LogP contribution in [-0.2, 0) is 6.42 Å². The lowest BCUT2D eigenvalue weighted by Crippen LogP contribution is -2.24. The monoisotopic (exact) mass is 422 g/mol. The van der Waals surface area contributed by atoms with Crippen molar-refractivity contribution in [2.75, 3.05) is 11.5 Å². The molecule has 3 rings (SSSR count). The van der Waals surface area contributed by atoms with Crippen molar-refractivity contribution < 1.29 is 4.74 Å². The van der Waals surface area contributed by atoms with Crippen LogP contribution in [0.1, 0.15) is 44.7 Å². The molecule has 0 fully saturated rings. The van der Waals surface area contributed by atoms with E-state index in [-0.39, 0.29) is 5.41 Å². The predicted molar refractivity (Wildman–Crippen MR) is 129 cm³/mol. The number of aliphatic imine (C=N–C) groups is 1. The average Bonchev–Trinajstić information content (AvgIpc) is 2.69. The van der Waals surface area contributed by atoms with E-state index >= 15 is 0 Å². The predicted octanol–water partition coefficient (Wildman–Crippen LogP) is 7.34. The van der Waals surface area contributed by atoms with Crippen LogP contribution < -0.4 is 9.64 Å². The first-order valence-corrected chi connectivity index (χ1v) is 10.8. The zero-order valence-electron chi connectivity index (χ0n) is 18.4. The first-order chi connectivity index (χ1) is 14.2. The number of halogens is 1. The third-order valence-electron chi connectivity index (χ3n) is 4.96. The number of ether oxygens (including phenoxy) is 1. The number of allylic oxidation sites excluding steroid dienone is 1. The Balaban J connectivity index is 1.61. The van der Waals surface area contributed by atoms with Crippen molar-refractivity contribution in [2.45, 2.75) is 47.0 Å². The fraction of sp³-hybridized carbons (Fsp3) is 0.346. The molecule has 0 amide bonds. The summed E-state index contributed by atoms with van der Waals surface area (Å²) in [5, 5.41) is 0.773. The van der Waals surface area contributed by atoms with Gasteiger partial charge in [0, 0.05) is 23.1 Å². The molecule has 1 aliphatic rings. The van der Waals surface area contributed by atoms with Crippen LogP contribution in [0.5, 0.6) is 5.75 Å². The van der Waals surface area contributed by atoms with E-state index in [1.165, 1.54) is 5.56 Å². The molecule has 1 aliphatic heterocycles. The van der Waals surface area contributed by atoms with E-state index in [4.69, 9.17) is 16.3 Å². The molecule has 0 aliphatic carbocycles. The standard InChI is InChI=1S/C26H31ClN2O/c1-19-17-23(13-14-25(19)30-18-26(3,4)5)29-16-15-28-24(20(29)2)8-6-7-21-9-11-22(27)12-10-21/h9-17H,2,6-8,18H2,1,3-5H3. The molecule has 158 valence electrons. The molecule has 30 heavy (non-hydrogen) atoms. The number of hydrogen-bond donors (Lipinski definition) is 0. The first kappa shape index (κ1) is 22.2. The normalized spacial score (nSPS) is 14.1. The average molecular weight is 423 g/mol. The molecule has 0 N–H and O–H groups in total. The third kappa shape index (κ3) is 5.99. The molecule has 0 saturated carbocycles. The minimum Gasteiger partial charge on any atom is -0.493 e. The summed E-state index contributed by atoms with van der Waals surface area (Å²) >= 11 is 5.97. The van der Waals surface area contributed by atoms with Crippen molar-refractivity contribution in [3.8, 4) is 5.75 Å². The SMILES string of the molecule is C=C1C(CCCc2ccc(Cl)cc2)=NC=CN1c1ccc(OCC(C)(C)C)c(C)c1. The molecule has 0 unspecified atom stereocenters. The number of anilines is 1. The Morgan fingerprint density at radius 1 is 1.07 bits per heavy atom. The van der Waals surface area contributed by atoms with Crippen LogP contribution in [0, 0.1) is 12.3 Å². The van der Waals surface area contributed by atoms with E-state index < -0.39 is 0 Å². The highest BCUT2D eigenvalue weighted by atomic mass is 35.5. The number of nitrogens with zero attached hydrogens (tertiary/aromatic N) is 2. The maximum absolute atomic E-state index is 6.00. The minimum atomic E-state index is 0.131. The molecular weight excluding hydrogens is 392 g/mol. The van der Waals surface area contributed by atoms with Crippen molar-refractivity contribution in [3.63, 3.8) is 0 Å². The Morgan fingerprint density at radius 2 is 1.80 bits per heavy atom. The quantitative estimate of drug-likeness (QED) is 0.466. The lowest BCUT2D eigenvalue weighted by atomic mass is 9.98. The lowest BCUT2D eigenvalue weighted by Gasteiger charge is -2.27. The first-order valence-electron chi connectivity index (χ1n) is 10.4. The van der Waals surface area contributed by atoms with Crippen LogP contribution in [0.15, 0.2) is 72.1 Å². The van der Waals surface area contributed by atoms with Crippen LogP contribution >= 0.6 is 11.6 Å². The highest BCUT2D eigenvalue weighted by molar-refractivity contribution is 6.30. The van der Waals surface area contributed by atoms with Gasteiger partial charge in [0.2, 0.25) is 0 Å². The zero-order valence-corrected chi connectivity index (χ0v) is 19.2. The van der Waals surface area contributed by atoms with Gasteiger partial charge in [0.25, 0.3) is 0 Å². The lowest BCUT2D eigenvalue weighted by molar-refractivity contribution is 0.197. The van der Waals surface area contributed by atoms with E-state index in [0.29, 0.717) is 6.61 Å². The molecule has 0 saturated heterocycles. The Kier molecular flexibility index (Phi) is 7.04. The second-order valence-electron chi connectivity index (χ2n) is 8.97. The van der Waals surface area contributed by atoms with Gasteiger partial charge in [-0.3, -0.25) is 4.99 Å². The second-order valence-corrected chi connectivity index (χ2v) is 9.41. The smallest absolute Gasteiger partial charge is 0.122 e. The molecule has 0 spiro atoms. The zero-order chi connectivity index (χ0) is 21.7. The summed E-state index contributed by atoms with van der Waals surface area (Å²) in [5.41, 5.74) is 5.56. The summed E-state index contributed by atoms with van der Waals surface area (Å²) in [4.78, 5) is 6.68. The summed E-state index contributed by atoms with van der Waals surface area (Å²) in [5.74, 6) is 0.928. The van der Waals surface area contributed by atoms with E-state index in [1.54, 1.807) is 0 Å². The van der Waals surface area contributed by atoms with Gasteiger partial charge in [-0.25, -0.2) is 0 Å². The number of aryl methyl sites for hydroxylation is 2. The number of hydrogen-bond acceptors (Lipinski definition) is 3. The molecule has 0 aromatic heterocycles. The Labute approximate surface area is 185 Å². The molecular formula is C26H31ClN2O. The maximum atomic E-state index is 6.00. The van der Waals surface area contributed by atoms with E-state index in [0.717, 1.165) is 52.7 Å². The van der Waals surface area contributed by atoms with Gasteiger partial charge < -0.3 is 9.64 Å². The maximum Gasteiger partial charge on any atom is 0.122 e. The van der Waals surface area contributed by atoms with Crippen LogP contribution in [0.2, 0.25) is 5.02 Å². The van der Waals surface area contributed by atoms with Crippen LogP contribution in [0.25, 0.3) is 0 Å². The van der Waals surface area contributed by atoms with Gasteiger partial charge in [0.15, 0.2) is 0 Å². The minimum absolute atomic E-state index is 0.131. The van der Waals surface area contributed by atoms with E-state index in [1.807, 2.05) is 30.6 Å². The molecule has 0 radical (unpaired) electrons. The van der Waals surface area contributed by atoms with Gasteiger partial charge >= 0.3 is 0 Å². The summed E-state index contributed by atoms with van der Waals surface area (Å²) in [6.07, 6.45) is 6.71. The molecule has 0 bridgehead atoms. The van der Waals surface area contributed by atoms with E-state index in [2.05, 4.69) is 68.4 Å². The molecule has 4 heteroatoms. The van der Waals surface area contributed by atoms with Crippen LogP contribution in [0.4, 0.5) is 5.69 Å². The van der Waals surface area contributed by atoms with Gasteiger partial charge in [-0.2, -0.15) is 0 Å². The largest absolute Gasteiger partial charge is 0.493 e. The molecule has 2 aromatic rings. The Hall–Kier alpha value is -2.52. The van der Waals surface area contributed by atoms with Gasteiger partial charge in [-0.15, -0.1) is 0 Å². The third-order valence-corrected chi connectivity index (χ3v) is 5.21. The Morgan fingerprint density at radius 3 is 2.47 bits per heavy atom. The topological polar surface area (TPSA) is 24.8 Å². The van der Waals surface area contributed by atoms with Gasteiger partial charge in [-0.05, 0) is 73.1 Å². The number of rotatable bonds is 7. The van der Waals surface area contributed by atoms with Crippen molar-refractivity contribution in [1.82, 2.24) is 0 Å².